The summed E-state index contributed by atoms with van der Waals surface area (Å²) < 4.78 is 4.64. The van der Waals surface area contributed by atoms with E-state index in [1.54, 1.807) is 0 Å². The lowest BCUT2D eigenvalue weighted by Crippen LogP contribution is -2.44. The largest absolute Gasteiger partial charge is 0.467 e. The van der Waals surface area contributed by atoms with E-state index in [4.69, 9.17) is 0 Å². The standard InChI is InChI=1S/C17H25NO3S/c1-11(2)9-13-5-7-14(8-6-13)12(3)16(19)18-15(10-22)17(20)21-4/h5-8,11-12,15,22H,9-10H2,1-4H3,(H,18,19). The molecule has 0 heterocycles. The number of rotatable bonds is 7. The van der Waals surface area contributed by atoms with Crippen molar-refractivity contribution in [3.05, 3.63) is 35.4 Å². The van der Waals surface area contributed by atoms with E-state index in [2.05, 4.69) is 48.7 Å². The number of hydrogen-bond donors (Lipinski definition) is 2. The highest BCUT2D eigenvalue weighted by molar-refractivity contribution is 7.80. The van der Waals surface area contributed by atoms with Gasteiger partial charge in [0, 0.05) is 5.75 Å². The maximum absolute atomic E-state index is 12.2. The number of nitrogens with one attached hydrogen (secondary N) is 1. The zero-order chi connectivity index (χ0) is 16.7. The zero-order valence-electron chi connectivity index (χ0n) is 13.6. The van der Waals surface area contributed by atoms with Crippen molar-refractivity contribution in [3.63, 3.8) is 0 Å². The van der Waals surface area contributed by atoms with Crippen LogP contribution in [0.2, 0.25) is 0 Å². The van der Waals surface area contributed by atoms with Crippen LogP contribution in [0, 0.1) is 5.92 Å². The van der Waals surface area contributed by atoms with Crippen LogP contribution in [0.3, 0.4) is 0 Å². The van der Waals surface area contributed by atoms with E-state index < -0.39 is 12.0 Å². The third-order valence-electron chi connectivity index (χ3n) is 3.50. The highest BCUT2D eigenvalue weighted by atomic mass is 32.1. The Labute approximate surface area is 138 Å². The molecule has 2 unspecified atom stereocenters. The van der Waals surface area contributed by atoms with Gasteiger partial charge in [-0.15, -0.1) is 0 Å². The summed E-state index contributed by atoms with van der Waals surface area (Å²) in [6.45, 7) is 6.17. The van der Waals surface area contributed by atoms with Crippen LogP contribution < -0.4 is 5.32 Å². The summed E-state index contributed by atoms with van der Waals surface area (Å²) in [4.78, 5) is 23.7. The minimum Gasteiger partial charge on any atom is -0.467 e. The summed E-state index contributed by atoms with van der Waals surface area (Å²) >= 11 is 4.07. The molecular formula is C17H25NO3S. The molecule has 1 rings (SSSR count). The minimum atomic E-state index is -0.719. The molecule has 0 aromatic heterocycles. The van der Waals surface area contributed by atoms with Gasteiger partial charge in [-0.2, -0.15) is 12.6 Å². The predicted octanol–water partition coefficient (Wildman–Crippen LogP) is 2.58. The summed E-state index contributed by atoms with van der Waals surface area (Å²) in [5.41, 5.74) is 2.18. The molecule has 22 heavy (non-hydrogen) atoms. The molecule has 0 saturated heterocycles. The monoisotopic (exact) mass is 323 g/mol. The van der Waals surface area contributed by atoms with Crippen molar-refractivity contribution in [1.82, 2.24) is 5.32 Å². The number of benzene rings is 1. The van der Waals surface area contributed by atoms with E-state index >= 15 is 0 Å². The van der Waals surface area contributed by atoms with Crippen LogP contribution in [0.5, 0.6) is 0 Å². The number of esters is 1. The Hall–Kier alpha value is -1.49. The molecule has 1 aromatic rings. The third-order valence-corrected chi connectivity index (χ3v) is 3.87. The SMILES string of the molecule is COC(=O)C(CS)NC(=O)C(C)c1ccc(CC(C)C)cc1. The van der Waals surface area contributed by atoms with Crippen molar-refractivity contribution in [2.75, 3.05) is 12.9 Å². The van der Waals surface area contributed by atoms with Gasteiger partial charge < -0.3 is 10.1 Å². The maximum atomic E-state index is 12.2. The molecule has 0 saturated carbocycles. The topological polar surface area (TPSA) is 55.4 Å². The molecule has 1 aromatic carbocycles. The van der Waals surface area contributed by atoms with Crippen molar-refractivity contribution in [2.24, 2.45) is 5.92 Å². The van der Waals surface area contributed by atoms with Gasteiger partial charge in [0.15, 0.2) is 0 Å². The van der Waals surface area contributed by atoms with Crippen LogP contribution >= 0.6 is 12.6 Å². The third kappa shape index (κ3) is 5.37. The Bertz CT molecular complexity index is 499. The maximum Gasteiger partial charge on any atom is 0.329 e. The molecule has 4 nitrogen and oxygen atoms in total. The van der Waals surface area contributed by atoms with Crippen molar-refractivity contribution >= 4 is 24.5 Å². The lowest BCUT2D eigenvalue weighted by Gasteiger charge is -2.18. The molecule has 1 amide bonds. The molecule has 5 heteroatoms. The first-order chi connectivity index (χ1) is 10.4. The van der Waals surface area contributed by atoms with E-state index in [0.717, 1.165) is 12.0 Å². The summed E-state index contributed by atoms with van der Waals surface area (Å²) in [6, 6.07) is 7.32. The van der Waals surface area contributed by atoms with E-state index in [0.29, 0.717) is 5.92 Å². The lowest BCUT2D eigenvalue weighted by atomic mass is 9.96. The quantitative estimate of drug-likeness (QED) is 0.599. The lowest BCUT2D eigenvalue weighted by molar-refractivity contribution is -0.144. The number of thiol groups is 1. The molecule has 2 atom stereocenters. The molecular weight excluding hydrogens is 298 g/mol. The molecule has 0 fully saturated rings. The molecule has 0 bridgehead atoms. The van der Waals surface area contributed by atoms with Gasteiger partial charge in [-0.25, -0.2) is 4.79 Å². The second-order valence-electron chi connectivity index (χ2n) is 5.83. The number of amides is 1. The Balaban J connectivity index is 2.71. The molecule has 122 valence electrons. The van der Waals surface area contributed by atoms with Gasteiger partial charge >= 0.3 is 5.97 Å². The molecule has 0 aliphatic heterocycles. The van der Waals surface area contributed by atoms with Crippen LogP contribution in [0.15, 0.2) is 24.3 Å². The Kier molecular flexibility index (Phi) is 7.45. The number of hydrogen-bond acceptors (Lipinski definition) is 4. The number of ether oxygens (including phenoxy) is 1. The van der Waals surface area contributed by atoms with E-state index in [9.17, 15) is 9.59 Å². The first kappa shape index (κ1) is 18.6. The summed E-state index contributed by atoms with van der Waals surface area (Å²) in [7, 11) is 1.29. The number of carbonyl (C=O) groups is 2. The molecule has 0 aliphatic rings. The van der Waals surface area contributed by atoms with Gasteiger partial charge in [-0.05, 0) is 30.4 Å². The molecule has 0 spiro atoms. The van der Waals surface area contributed by atoms with Crippen molar-refractivity contribution in [3.8, 4) is 0 Å². The molecule has 1 N–H and O–H groups in total. The highest BCUT2D eigenvalue weighted by Gasteiger charge is 2.23. The van der Waals surface area contributed by atoms with E-state index in [1.165, 1.54) is 12.7 Å². The number of carbonyl (C=O) groups excluding carboxylic acids is 2. The first-order valence-corrected chi connectivity index (χ1v) is 8.10. The van der Waals surface area contributed by atoms with Gasteiger partial charge in [0.25, 0.3) is 0 Å². The van der Waals surface area contributed by atoms with Crippen LogP contribution in [0.1, 0.15) is 37.8 Å². The zero-order valence-corrected chi connectivity index (χ0v) is 14.5. The van der Waals surface area contributed by atoms with Gasteiger partial charge in [0.05, 0.1) is 13.0 Å². The Morgan fingerprint density at radius 1 is 1.18 bits per heavy atom. The number of methoxy groups -OCH3 is 1. The first-order valence-electron chi connectivity index (χ1n) is 7.47. The summed E-state index contributed by atoms with van der Waals surface area (Å²) in [5.74, 6) is -0.217. The second kappa shape index (κ2) is 8.83. The smallest absolute Gasteiger partial charge is 0.329 e. The second-order valence-corrected chi connectivity index (χ2v) is 6.19. The van der Waals surface area contributed by atoms with Crippen LogP contribution in [0.25, 0.3) is 0 Å². The van der Waals surface area contributed by atoms with Gasteiger partial charge in [-0.1, -0.05) is 38.1 Å². The fourth-order valence-electron chi connectivity index (χ4n) is 2.18. The van der Waals surface area contributed by atoms with Gasteiger partial charge in [0.1, 0.15) is 6.04 Å². The average Bonchev–Trinajstić information content (AvgIpc) is 2.51. The van der Waals surface area contributed by atoms with Crippen LogP contribution in [-0.2, 0) is 20.7 Å². The van der Waals surface area contributed by atoms with E-state index in [-0.39, 0.29) is 17.6 Å². The summed E-state index contributed by atoms with van der Waals surface area (Å²) in [5, 5.41) is 2.67. The van der Waals surface area contributed by atoms with Crippen molar-refractivity contribution < 1.29 is 14.3 Å². The normalized spacial score (nSPS) is 13.5. The predicted molar refractivity (Wildman–Crippen MR) is 91.2 cm³/mol. The van der Waals surface area contributed by atoms with Crippen molar-refractivity contribution in [1.29, 1.82) is 0 Å². The Morgan fingerprint density at radius 2 is 1.77 bits per heavy atom. The fourth-order valence-corrected chi connectivity index (χ4v) is 2.42. The highest BCUT2D eigenvalue weighted by Crippen LogP contribution is 2.18. The molecule has 0 aliphatic carbocycles. The average molecular weight is 323 g/mol. The summed E-state index contributed by atoms with van der Waals surface area (Å²) in [6.07, 6.45) is 1.02. The minimum absolute atomic E-state index is 0.207. The Morgan fingerprint density at radius 3 is 2.23 bits per heavy atom. The van der Waals surface area contributed by atoms with E-state index in [1.807, 2.05) is 19.1 Å². The van der Waals surface area contributed by atoms with Gasteiger partial charge in [0.2, 0.25) is 5.91 Å². The van der Waals surface area contributed by atoms with Crippen LogP contribution in [0.4, 0.5) is 0 Å². The molecule has 0 radical (unpaired) electrons. The van der Waals surface area contributed by atoms with Crippen LogP contribution in [-0.4, -0.2) is 30.8 Å². The van der Waals surface area contributed by atoms with Gasteiger partial charge in [-0.3, -0.25) is 4.79 Å². The van der Waals surface area contributed by atoms with Crippen molar-refractivity contribution in [2.45, 2.75) is 39.2 Å². The fraction of sp³-hybridized carbons (Fsp3) is 0.529.